The quantitative estimate of drug-likeness (QED) is 0.611. The fourth-order valence-electron chi connectivity index (χ4n) is 2.71. The van der Waals surface area contributed by atoms with Crippen molar-refractivity contribution >= 4 is 0 Å². The Morgan fingerprint density at radius 3 is 2.10 bits per heavy atom. The van der Waals surface area contributed by atoms with Gasteiger partial charge in [-0.3, -0.25) is 0 Å². The SMILES string of the molecule is C/C1=C\C=C(/C(C)C)[C@@H](O)C/C(C)=C/CC/C(C)=C/CC1. The molecule has 0 radical (unpaired) electrons. The third-order valence-electron chi connectivity index (χ3n) is 4.19. The van der Waals surface area contributed by atoms with Gasteiger partial charge in [0, 0.05) is 0 Å². The van der Waals surface area contributed by atoms with Gasteiger partial charge in [-0.05, 0) is 64.4 Å². The van der Waals surface area contributed by atoms with Crippen LogP contribution in [0.5, 0.6) is 0 Å². The molecule has 1 heteroatoms. The molecule has 0 aromatic rings. The molecule has 0 saturated heterocycles. The van der Waals surface area contributed by atoms with E-state index in [-0.39, 0.29) is 6.10 Å². The Labute approximate surface area is 131 Å². The molecule has 0 amide bonds. The summed E-state index contributed by atoms with van der Waals surface area (Å²) in [6, 6.07) is 0. The van der Waals surface area contributed by atoms with Gasteiger partial charge in [-0.2, -0.15) is 0 Å². The molecule has 21 heavy (non-hydrogen) atoms. The smallest absolute Gasteiger partial charge is 0.0792 e. The third-order valence-corrected chi connectivity index (χ3v) is 4.19. The average Bonchev–Trinajstić information content (AvgIpc) is 2.37. The molecule has 0 saturated carbocycles. The summed E-state index contributed by atoms with van der Waals surface area (Å²) >= 11 is 0. The molecule has 1 aliphatic rings. The highest BCUT2D eigenvalue weighted by atomic mass is 16.3. The molecule has 0 aromatic heterocycles. The maximum atomic E-state index is 10.5. The van der Waals surface area contributed by atoms with E-state index >= 15 is 0 Å². The van der Waals surface area contributed by atoms with Gasteiger partial charge in [0.25, 0.3) is 0 Å². The van der Waals surface area contributed by atoms with Gasteiger partial charge < -0.3 is 5.11 Å². The lowest BCUT2D eigenvalue weighted by atomic mass is 9.92. The molecule has 0 aromatic carbocycles. The molecule has 0 bridgehead atoms. The summed E-state index contributed by atoms with van der Waals surface area (Å²) in [4.78, 5) is 0. The second-order valence-electron chi connectivity index (χ2n) is 6.73. The summed E-state index contributed by atoms with van der Waals surface area (Å²) in [5.74, 6) is 0.381. The second-order valence-corrected chi connectivity index (χ2v) is 6.73. The highest BCUT2D eigenvalue weighted by Crippen LogP contribution is 2.22. The first-order valence-electron chi connectivity index (χ1n) is 8.26. The minimum Gasteiger partial charge on any atom is -0.388 e. The zero-order valence-electron chi connectivity index (χ0n) is 14.4. The first-order valence-corrected chi connectivity index (χ1v) is 8.26. The van der Waals surface area contributed by atoms with Crippen molar-refractivity contribution in [3.63, 3.8) is 0 Å². The first-order chi connectivity index (χ1) is 9.90. The largest absolute Gasteiger partial charge is 0.388 e. The fraction of sp³-hybridized carbons (Fsp3) is 0.600. The van der Waals surface area contributed by atoms with E-state index in [1.165, 1.54) is 16.7 Å². The van der Waals surface area contributed by atoms with Crippen molar-refractivity contribution in [1.29, 1.82) is 0 Å². The lowest BCUT2D eigenvalue weighted by Gasteiger charge is -2.19. The monoisotopic (exact) mass is 288 g/mol. The predicted molar refractivity (Wildman–Crippen MR) is 93.3 cm³/mol. The minimum absolute atomic E-state index is 0.357. The summed E-state index contributed by atoms with van der Waals surface area (Å²) in [6.07, 6.45) is 13.8. The van der Waals surface area contributed by atoms with Crippen LogP contribution in [0.15, 0.2) is 46.6 Å². The van der Waals surface area contributed by atoms with Crippen LogP contribution in [0.2, 0.25) is 0 Å². The molecule has 1 atom stereocenters. The van der Waals surface area contributed by atoms with Crippen LogP contribution in [0.25, 0.3) is 0 Å². The summed E-state index contributed by atoms with van der Waals surface area (Å²) in [5, 5.41) is 10.5. The van der Waals surface area contributed by atoms with Crippen LogP contribution in [0.4, 0.5) is 0 Å². The molecule has 1 N–H and O–H groups in total. The summed E-state index contributed by atoms with van der Waals surface area (Å²) in [6.45, 7) is 10.9. The van der Waals surface area contributed by atoms with E-state index in [0.29, 0.717) is 5.92 Å². The van der Waals surface area contributed by atoms with Crippen molar-refractivity contribution in [2.75, 3.05) is 0 Å². The molecule has 1 nitrogen and oxygen atoms in total. The van der Waals surface area contributed by atoms with Crippen molar-refractivity contribution in [1.82, 2.24) is 0 Å². The van der Waals surface area contributed by atoms with Crippen molar-refractivity contribution in [3.8, 4) is 0 Å². The van der Waals surface area contributed by atoms with E-state index in [4.69, 9.17) is 0 Å². The maximum absolute atomic E-state index is 10.5. The first kappa shape index (κ1) is 18.0. The van der Waals surface area contributed by atoms with Gasteiger partial charge in [0.2, 0.25) is 0 Å². The van der Waals surface area contributed by atoms with Crippen molar-refractivity contribution in [2.45, 2.75) is 72.8 Å². The highest BCUT2D eigenvalue weighted by molar-refractivity contribution is 5.23. The molecule has 1 aliphatic carbocycles. The fourth-order valence-corrected chi connectivity index (χ4v) is 2.71. The Bertz CT molecular complexity index is 446. The Kier molecular flexibility index (Phi) is 7.74. The molecule has 0 heterocycles. The molecule has 0 spiro atoms. The van der Waals surface area contributed by atoms with Crippen molar-refractivity contribution < 1.29 is 5.11 Å². The van der Waals surface area contributed by atoms with Crippen LogP contribution in [0.3, 0.4) is 0 Å². The van der Waals surface area contributed by atoms with E-state index in [1.807, 2.05) is 0 Å². The predicted octanol–water partition coefficient (Wildman–Crippen LogP) is 5.73. The van der Waals surface area contributed by atoms with E-state index < -0.39 is 0 Å². The average molecular weight is 288 g/mol. The van der Waals surface area contributed by atoms with Crippen molar-refractivity contribution in [2.24, 2.45) is 5.92 Å². The number of rotatable bonds is 1. The van der Waals surface area contributed by atoms with Crippen LogP contribution >= 0.6 is 0 Å². The number of hydrogen-bond donors (Lipinski definition) is 1. The highest BCUT2D eigenvalue weighted by Gasteiger charge is 2.14. The molecule has 118 valence electrons. The Hall–Kier alpha value is -1.08. The van der Waals surface area contributed by atoms with Gasteiger partial charge in [0.15, 0.2) is 0 Å². The molecule has 0 aliphatic heterocycles. The van der Waals surface area contributed by atoms with E-state index in [9.17, 15) is 5.11 Å². The molecule has 0 unspecified atom stereocenters. The van der Waals surface area contributed by atoms with Gasteiger partial charge in [0.1, 0.15) is 0 Å². The molecule has 0 fully saturated rings. The minimum atomic E-state index is -0.357. The van der Waals surface area contributed by atoms with E-state index in [2.05, 4.69) is 58.9 Å². The second kappa shape index (κ2) is 9.04. The third kappa shape index (κ3) is 6.95. The number of aliphatic hydroxyl groups is 1. The van der Waals surface area contributed by atoms with Crippen molar-refractivity contribution in [3.05, 3.63) is 46.6 Å². The summed E-state index contributed by atoms with van der Waals surface area (Å²) < 4.78 is 0. The van der Waals surface area contributed by atoms with Crippen LogP contribution < -0.4 is 0 Å². The van der Waals surface area contributed by atoms with Gasteiger partial charge in [0.05, 0.1) is 6.10 Å². The van der Waals surface area contributed by atoms with Crippen LogP contribution in [0.1, 0.15) is 66.7 Å². The zero-order chi connectivity index (χ0) is 15.8. The van der Waals surface area contributed by atoms with Gasteiger partial charge >= 0.3 is 0 Å². The van der Waals surface area contributed by atoms with Gasteiger partial charge in [-0.15, -0.1) is 0 Å². The normalized spacial score (nSPS) is 32.8. The maximum Gasteiger partial charge on any atom is 0.0792 e. The number of hydrogen-bond acceptors (Lipinski definition) is 1. The Balaban J connectivity index is 3.00. The molecular weight excluding hydrogens is 256 g/mol. The standard InChI is InChI=1S/C20H32O/c1-15(2)19-13-12-17(4)10-6-8-16(3)9-7-11-18(5)14-20(19)21/h8,11-13,15,20-21H,6-7,9-10,14H2,1-5H3/b16-8+,17-12+,18-11+,19-13+/t20-/m0/s1. The summed E-state index contributed by atoms with van der Waals surface area (Å²) in [5.41, 5.74) is 5.29. The number of aliphatic hydroxyl groups excluding tert-OH is 1. The van der Waals surface area contributed by atoms with Crippen LogP contribution in [-0.2, 0) is 0 Å². The Morgan fingerprint density at radius 1 is 0.905 bits per heavy atom. The lowest BCUT2D eigenvalue weighted by Crippen LogP contribution is -2.15. The van der Waals surface area contributed by atoms with Gasteiger partial charge in [-0.25, -0.2) is 0 Å². The molecule has 1 rings (SSSR count). The Morgan fingerprint density at radius 2 is 1.48 bits per heavy atom. The van der Waals surface area contributed by atoms with Crippen LogP contribution in [0, 0.1) is 5.92 Å². The number of allylic oxidation sites excluding steroid dienone is 6. The lowest BCUT2D eigenvalue weighted by molar-refractivity contribution is 0.200. The van der Waals surface area contributed by atoms with Crippen LogP contribution in [-0.4, -0.2) is 11.2 Å². The zero-order valence-corrected chi connectivity index (χ0v) is 14.4. The van der Waals surface area contributed by atoms with Gasteiger partial charge in [-0.1, -0.05) is 54.9 Å². The summed E-state index contributed by atoms with van der Waals surface area (Å²) in [7, 11) is 0. The van der Waals surface area contributed by atoms with E-state index in [1.54, 1.807) is 0 Å². The molecular formula is C20H32O. The van der Waals surface area contributed by atoms with E-state index in [0.717, 1.165) is 37.7 Å². The topological polar surface area (TPSA) is 20.2 Å².